The quantitative estimate of drug-likeness (QED) is 0.301. The highest BCUT2D eigenvalue weighted by Gasteiger charge is 2.19. The number of halogens is 3. The van der Waals surface area contributed by atoms with E-state index in [1.54, 1.807) is 77.5 Å². The van der Waals surface area contributed by atoms with Crippen LogP contribution in [0, 0.1) is 6.92 Å². The van der Waals surface area contributed by atoms with Gasteiger partial charge in [0.2, 0.25) is 0 Å². The van der Waals surface area contributed by atoms with Crippen molar-refractivity contribution in [3.8, 4) is 0 Å². The van der Waals surface area contributed by atoms with E-state index in [-0.39, 0.29) is 16.9 Å². The number of carbonyl (C=O) groups excluding carboxylic acids is 2. The molecule has 0 saturated heterocycles. The average molecular weight is 499 g/mol. The number of hydrogen-bond acceptors (Lipinski definition) is 3. The number of amides is 1. The summed E-state index contributed by atoms with van der Waals surface area (Å²) >= 11 is 18.5. The van der Waals surface area contributed by atoms with Crippen LogP contribution in [0.5, 0.6) is 0 Å². The van der Waals surface area contributed by atoms with Gasteiger partial charge in [-0.3, -0.25) is 14.3 Å². The second-order valence-corrected chi connectivity index (χ2v) is 8.62. The van der Waals surface area contributed by atoms with Crippen LogP contribution in [-0.2, 0) is 6.54 Å². The molecule has 0 fully saturated rings. The summed E-state index contributed by atoms with van der Waals surface area (Å²) in [6.45, 7) is 2.22. The number of aromatic nitrogens is 2. The Balaban J connectivity index is 1.57. The summed E-state index contributed by atoms with van der Waals surface area (Å²) in [5, 5.41) is 8.85. The minimum absolute atomic E-state index is 0.249. The molecule has 33 heavy (non-hydrogen) atoms. The molecule has 0 spiro atoms. The van der Waals surface area contributed by atoms with Gasteiger partial charge in [-0.05, 0) is 49.4 Å². The highest BCUT2D eigenvalue weighted by Crippen LogP contribution is 2.26. The maximum Gasteiger partial charge on any atom is 0.257 e. The molecular weight excluding hydrogens is 481 g/mol. The topological polar surface area (TPSA) is 64.0 Å². The molecule has 166 valence electrons. The number of nitrogens with zero attached hydrogens (tertiary/aromatic N) is 2. The average Bonchev–Trinajstić information content (AvgIpc) is 3.14. The predicted molar refractivity (Wildman–Crippen MR) is 132 cm³/mol. The van der Waals surface area contributed by atoms with Crippen molar-refractivity contribution in [2.45, 2.75) is 13.5 Å². The summed E-state index contributed by atoms with van der Waals surface area (Å²) in [4.78, 5) is 26.0. The van der Waals surface area contributed by atoms with Crippen molar-refractivity contribution in [3.05, 3.63) is 116 Å². The maximum atomic E-state index is 13.0. The van der Waals surface area contributed by atoms with Crippen molar-refractivity contribution < 1.29 is 9.59 Å². The molecule has 3 aromatic carbocycles. The summed E-state index contributed by atoms with van der Waals surface area (Å²) in [6, 6.07) is 20.2. The van der Waals surface area contributed by atoms with Crippen molar-refractivity contribution in [2.24, 2.45) is 0 Å². The fourth-order valence-electron chi connectivity index (χ4n) is 3.38. The van der Waals surface area contributed by atoms with E-state index in [0.29, 0.717) is 33.0 Å². The number of nitrogens with one attached hydrogen (secondary N) is 1. The molecule has 0 aliphatic carbocycles. The Morgan fingerprint density at radius 2 is 1.52 bits per heavy atom. The molecule has 1 aromatic heterocycles. The molecule has 1 heterocycles. The van der Waals surface area contributed by atoms with Crippen LogP contribution in [0.25, 0.3) is 0 Å². The van der Waals surface area contributed by atoms with Crippen molar-refractivity contribution in [1.29, 1.82) is 0 Å². The number of benzene rings is 3. The zero-order valence-electron chi connectivity index (χ0n) is 17.5. The summed E-state index contributed by atoms with van der Waals surface area (Å²) in [5.74, 6) is -0.352. The van der Waals surface area contributed by atoms with E-state index in [9.17, 15) is 9.59 Å². The van der Waals surface area contributed by atoms with Gasteiger partial charge in [-0.2, -0.15) is 5.10 Å². The van der Waals surface area contributed by atoms with Gasteiger partial charge < -0.3 is 5.32 Å². The zero-order valence-corrected chi connectivity index (χ0v) is 19.7. The second kappa shape index (κ2) is 9.79. The first kappa shape index (κ1) is 23.1. The lowest BCUT2D eigenvalue weighted by Crippen LogP contribution is -2.17. The second-order valence-electron chi connectivity index (χ2n) is 7.36. The lowest BCUT2D eigenvalue weighted by Gasteiger charge is -2.09. The van der Waals surface area contributed by atoms with Gasteiger partial charge in [-0.1, -0.05) is 59.1 Å². The van der Waals surface area contributed by atoms with Crippen LogP contribution in [0.15, 0.2) is 72.8 Å². The van der Waals surface area contributed by atoms with Gasteiger partial charge in [-0.15, -0.1) is 0 Å². The fraction of sp³-hybridized carbons (Fsp3) is 0.0800. The van der Waals surface area contributed by atoms with Crippen LogP contribution >= 0.6 is 34.8 Å². The summed E-state index contributed by atoms with van der Waals surface area (Å²) in [7, 11) is 0. The summed E-state index contributed by atoms with van der Waals surface area (Å²) in [6.07, 6.45) is 0. The van der Waals surface area contributed by atoms with Crippen molar-refractivity contribution in [3.63, 3.8) is 0 Å². The Morgan fingerprint density at radius 1 is 0.879 bits per heavy atom. The lowest BCUT2D eigenvalue weighted by atomic mass is 9.98. The molecule has 4 aromatic rings. The zero-order chi connectivity index (χ0) is 23.5. The van der Waals surface area contributed by atoms with E-state index in [0.717, 1.165) is 11.3 Å². The molecule has 1 N–H and O–H groups in total. The molecule has 0 radical (unpaired) electrons. The Labute approximate surface area is 205 Å². The van der Waals surface area contributed by atoms with Crippen LogP contribution in [0.1, 0.15) is 37.5 Å². The molecular formula is C25H18Cl3N3O2. The van der Waals surface area contributed by atoms with E-state index in [1.165, 1.54) is 0 Å². The van der Waals surface area contributed by atoms with E-state index in [2.05, 4.69) is 10.4 Å². The Hall–Kier alpha value is -3.12. The van der Waals surface area contributed by atoms with Crippen molar-refractivity contribution in [1.82, 2.24) is 9.78 Å². The first-order valence-corrected chi connectivity index (χ1v) is 11.1. The van der Waals surface area contributed by atoms with Gasteiger partial charge in [0.05, 0.1) is 12.1 Å². The van der Waals surface area contributed by atoms with Crippen LogP contribution < -0.4 is 5.32 Å². The third-order valence-electron chi connectivity index (χ3n) is 5.12. The van der Waals surface area contributed by atoms with Crippen LogP contribution in [-0.4, -0.2) is 21.5 Å². The highest BCUT2D eigenvalue weighted by molar-refractivity contribution is 6.36. The Bertz CT molecular complexity index is 1330. The first-order chi connectivity index (χ1) is 15.8. The molecule has 0 aliphatic heterocycles. The Kier molecular flexibility index (Phi) is 6.84. The van der Waals surface area contributed by atoms with E-state index >= 15 is 0 Å². The third kappa shape index (κ3) is 5.11. The van der Waals surface area contributed by atoms with Crippen LogP contribution in [0.2, 0.25) is 15.1 Å². The van der Waals surface area contributed by atoms with Gasteiger partial charge in [0.25, 0.3) is 5.91 Å². The number of anilines is 1. The molecule has 0 unspecified atom stereocenters. The number of ketones is 1. The third-order valence-corrected chi connectivity index (χ3v) is 6.08. The van der Waals surface area contributed by atoms with Gasteiger partial charge in [0, 0.05) is 43.5 Å². The van der Waals surface area contributed by atoms with E-state index in [4.69, 9.17) is 34.8 Å². The van der Waals surface area contributed by atoms with E-state index in [1.807, 2.05) is 6.92 Å². The fourth-order valence-corrected chi connectivity index (χ4v) is 4.03. The largest absolute Gasteiger partial charge is 0.305 e. The van der Waals surface area contributed by atoms with Gasteiger partial charge >= 0.3 is 0 Å². The lowest BCUT2D eigenvalue weighted by molar-refractivity contribution is 0.0996. The number of aryl methyl sites for hydroxylation is 1. The van der Waals surface area contributed by atoms with Gasteiger partial charge in [0.15, 0.2) is 11.6 Å². The van der Waals surface area contributed by atoms with Crippen molar-refractivity contribution in [2.75, 3.05) is 5.32 Å². The SMILES string of the molecule is Cc1cc(NC(=O)c2ccccc2C(=O)c2ccc(Cl)cc2)nn1Cc1c(Cl)cccc1Cl. The standard InChI is InChI=1S/C25H18Cl3N3O2/c1-15-13-23(30-31(15)14-20-21(27)7-4-8-22(20)28)29-25(33)19-6-3-2-5-18(19)24(32)16-9-11-17(26)12-10-16/h2-13H,14H2,1H3,(H,29,30,33). The predicted octanol–water partition coefficient (Wildman–Crippen LogP) is 6.68. The Morgan fingerprint density at radius 3 is 2.18 bits per heavy atom. The highest BCUT2D eigenvalue weighted by atomic mass is 35.5. The molecule has 0 saturated carbocycles. The summed E-state index contributed by atoms with van der Waals surface area (Å²) in [5.41, 5.74) is 2.53. The normalized spacial score (nSPS) is 10.8. The summed E-state index contributed by atoms with van der Waals surface area (Å²) < 4.78 is 1.70. The molecule has 0 bridgehead atoms. The molecule has 8 heteroatoms. The molecule has 1 amide bonds. The monoisotopic (exact) mass is 497 g/mol. The van der Waals surface area contributed by atoms with E-state index < -0.39 is 5.91 Å². The maximum absolute atomic E-state index is 13.0. The minimum Gasteiger partial charge on any atom is -0.305 e. The van der Waals surface area contributed by atoms with Crippen molar-refractivity contribution >= 4 is 52.3 Å². The number of rotatable bonds is 6. The smallest absolute Gasteiger partial charge is 0.257 e. The molecule has 5 nitrogen and oxygen atoms in total. The van der Waals surface area contributed by atoms with Gasteiger partial charge in [-0.25, -0.2) is 0 Å². The van der Waals surface area contributed by atoms with Gasteiger partial charge in [0.1, 0.15) is 0 Å². The molecule has 4 rings (SSSR count). The molecule has 0 atom stereocenters. The number of carbonyl (C=O) groups is 2. The van der Waals surface area contributed by atoms with Crippen LogP contribution in [0.4, 0.5) is 5.82 Å². The molecule has 0 aliphatic rings. The minimum atomic E-state index is -0.437. The first-order valence-electron chi connectivity index (χ1n) is 10.0. The van der Waals surface area contributed by atoms with Crippen LogP contribution in [0.3, 0.4) is 0 Å². The number of hydrogen-bond donors (Lipinski definition) is 1.